The third-order valence-corrected chi connectivity index (χ3v) is 4.13. The molecule has 1 amide bonds. The van der Waals surface area contributed by atoms with Crippen molar-refractivity contribution in [1.82, 2.24) is 4.90 Å². The minimum absolute atomic E-state index is 0.157. The van der Waals surface area contributed by atoms with Gasteiger partial charge in [0.1, 0.15) is 0 Å². The van der Waals surface area contributed by atoms with Gasteiger partial charge in [-0.2, -0.15) is 13.2 Å². The van der Waals surface area contributed by atoms with Gasteiger partial charge in [-0.15, -0.1) is 0 Å². The van der Waals surface area contributed by atoms with E-state index >= 15 is 0 Å². The Labute approximate surface area is 142 Å². The van der Waals surface area contributed by atoms with Gasteiger partial charge >= 0.3 is 6.18 Å². The minimum Gasteiger partial charge on any atom is -0.356 e. The molecule has 134 valence electrons. The molecule has 0 aromatic heterocycles. The maximum Gasteiger partial charge on any atom is 0.415 e. The Hall–Kier alpha value is -2.41. The van der Waals surface area contributed by atoms with Crippen LogP contribution >= 0.6 is 0 Å². The van der Waals surface area contributed by atoms with Crippen LogP contribution in [-0.4, -0.2) is 40.5 Å². The Morgan fingerprint density at radius 3 is 2.20 bits per heavy atom. The fourth-order valence-corrected chi connectivity index (χ4v) is 2.80. The van der Waals surface area contributed by atoms with Gasteiger partial charge in [-0.3, -0.25) is 4.79 Å². The van der Waals surface area contributed by atoms with Crippen LogP contribution in [0.5, 0.6) is 0 Å². The van der Waals surface area contributed by atoms with E-state index in [-0.39, 0.29) is 5.56 Å². The SMILES string of the molecule is CC(=O)N(C)C1(/C(=C\c2ccccc2)C(F)(F)F)C=CC=CC1(O)F. The molecule has 0 saturated carbocycles. The number of alkyl halides is 4. The first-order chi connectivity index (χ1) is 11.5. The Bertz CT molecular complexity index is 735. The molecule has 0 bridgehead atoms. The molecule has 0 spiro atoms. The number of carbonyl (C=O) groups is 1. The molecule has 1 aliphatic rings. The predicted molar refractivity (Wildman–Crippen MR) is 86.0 cm³/mol. The van der Waals surface area contributed by atoms with Crippen LogP contribution in [0.25, 0.3) is 6.08 Å². The Morgan fingerprint density at radius 1 is 1.16 bits per heavy atom. The minimum atomic E-state index is -5.00. The van der Waals surface area contributed by atoms with E-state index in [0.29, 0.717) is 11.0 Å². The Morgan fingerprint density at radius 2 is 1.72 bits per heavy atom. The van der Waals surface area contributed by atoms with E-state index in [9.17, 15) is 27.5 Å². The lowest BCUT2D eigenvalue weighted by Crippen LogP contribution is -2.64. The average molecular weight is 355 g/mol. The van der Waals surface area contributed by atoms with Gasteiger partial charge < -0.3 is 10.0 Å². The summed E-state index contributed by atoms with van der Waals surface area (Å²) in [6, 6.07) is 7.50. The topological polar surface area (TPSA) is 40.5 Å². The molecule has 1 aromatic rings. The van der Waals surface area contributed by atoms with Crippen molar-refractivity contribution in [3.05, 3.63) is 65.8 Å². The van der Waals surface area contributed by atoms with Crippen molar-refractivity contribution in [2.24, 2.45) is 0 Å². The number of rotatable bonds is 3. The van der Waals surface area contributed by atoms with E-state index in [0.717, 1.165) is 38.3 Å². The van der Waals surface area contributed by atoms with Crippen molar-refractivity contribution >= 4 is 12.0 Å². The van der Waals surface area contributed by atoms with Crippen LogP contribution in [0.1, 0.15) is 12.5 Å². The summed E-state index contributed by atoms with van der Waals surface area (Å²) in [7, 11) is 1.01. The fourth-order valence-electron chi connectivity index (χ4n) is 2.80. The van der Waals surface area contributed by atoms with E-state index in [1.807, 2.05) is 0 Å². The molecule has 2 atom stereocenters. The van der Waals surface area contributed by atoms with Gasteiger partial charge in [-0.1, -0.05) is 42.5 Å². The Kier molecular flexibility index (Phi) is 4.90. The molecular weight excluding hydrogens is 338 g/mol. The van der Waals surface area contributed by atoms with Crippen LogP contribution in [-0.2, 0) is 4.79 Å². The standard InChI is InChI=1S/C18H17F4NO2/c1-13(24)23(2)16(10-6-7-11-17(16,19)25)15(18(20,21)22)12-14-8-4-3-5-9-14/h3-12,25H,1-2H3/b15-12+. The van der Waals surface area contributed by atoms with Crippen LogP contribution in [0.3, 0.4) is 0 Å². The molecule has 1 aliphatic carbocycles. The zero-order chi connectivity index (χ0) is 18.9. The van der Waals surface area contributed by atoms with Gasteiger partial charge in [0.2, 0.25) is 5.91 Å². The number of carbonyl (C=O) groups excluding carboxylic acids is 1. The van der Waals surface area contributed by atoms with Crippen LogP contribution in [0, 0.1) is 0 Å². The van der Waals surface area contributed by atoms with Gasteiger partial charge in [-0.25, -0.2) is 4.39 Å². The van der Waals surface area contributed by atoms with Crippen LogP contribution < -0.4 is 0 Å². The van der Waals surface area contributed by atoms with E-state index in [4.69, 9.17) is 0 Å². The molecule has 25 heavy (non-hydrogen) atoms. The third-order valence-electron chi connectivity index (χ3n) is 4.13. The normalized spacial score (nSPS) is 26.6. The molecule has 2 rings (SSSR count). The van der Waals surface area contributed by atoms with Crippen LogP contribution in [0.15, 0.2) is 60.2 Å². The average Bonchev–Trinajstić information content (AvgIpc) is 2.52. The van der Waals surface area contributed by atoms with E-state index in [2.05, 4.69) is 0 Å². The number of likely N-dealkylation sites (N-methyl/N-ethyl adjacent to an activating group) is 1. The van der Waals surface area contributed by atoms with Gasteiger partial charge in [0.05, 0.1) is 5.57 Å². The van der Waals surface area contributed by atoms with Crippen molar-refractivity contribution in [2.75, 3.05) is 7.05 Å². The number of benzene rings is 1. The highest BCUT2D eigenvalue weighted by atomic mass is 19.4. The summed E-state index contributed by atoms with van der Waals surface area (Å²) in [4.78, 5) is 12.4. The highest BCUT2D eigenvalue weighted by Gasteiger charge is 2.62. The summed E-state index contributed by atoms with van der Waals surface area (Å²) in [5.41, 5.74) is -3.99. The summed E-state index contributed by atoms with van der Waals surface area (Å²) < 4.78 is 56.5. The van der Waals surface area contributed by atoms with Crippen LogP contribution in [0.2, 0.25) is 0 Å². The lowest BCUT2D eigenvalue weighted by Gasteiger charge is -2.47. The molecule has 7 heteroatoms. The number of halogens is 4. The smallest absolute Gasteiger partial charge is 0.356 e. The zero-order valence-corrected chi connectivity index (χ0v) is 13.6. The predicted octanol–water partition coefficient (Wildman–Crippen LogP) is 3.63. The van der Waals surface area contributed by atoms with Crippen molar-refractivity contribution in [2.45, 2.75) is 24.5 Å². The first kappa shape index (κ1) is 18.9. The van der Waals surface area contributed by atoms with Gasteiger partial charge in [0.15, 0.2) is 5.54 Å². The monoisotopic (exact) mass is 355 g/mol. The first-order valence-corrected chi connectivity index (χ1v) is 7.39. The second-order valence-corrected chi connectivity index (χ2v) is 5.70. The van der Waals surface area contributed by atoms with Crippen molar-refractivity contribution < 1.29 is 27.5 Å². The fraction of sp³-hybridized carbons (Fsp3) is 0.278. The third kappa shape index (κ3) is 3.37. The van der Waals surface area contributed by atoms with Crippen molar-refractivity contribution in [3.63, 3.8) is 0 Å². The van der Waals surface area contributed by atoms with E-state index in [1.165, 1.54) is 24.3 Å². The number of aliphatic hydroxyl groups is 1. The second kappa shape index (κ2) is 6.48. The summed E-state index contributed by atoms with van der Waals surface area (Å²) in [6.45, 7) is 1.00. The molecule has 3 nitrogen and oxygen atoms in total. The molecule has 0 heterocycles. The number of hydrogen-bond donors (Lipinski definition) is 1. The quantitative estimate of drug-likeness (QED) is 0.841. The lowest BCUT2D eigenvalue weighted by atomic mass is 9.76. The summed E-state index contributed by atoms with van der Waals surface area (Å²) in [5.74, 6) is -4.28. The molecule has 1 N–H and O–H groups in total. The van der Waals surface area contributed by atoms with Crippen molar-refractivity contribution in [1.29, 1.82) is 0 Å². The first-order valence-electron chi connectivity index (χ1n) is 7.39. The zero-order valence-electron chi connectivity index (χ0n) is 13.6. The summed E-state index contributed by atoms with van der Waals surface area (Å²) in [6.07, 6.45) is -0.586. The van der Waals surface area contributed by atoms with Gasteiger partial charge in [-0.05, 0) is 23.8 Å². The Balaban J connectivity index is 2.81. The second-order valence-electron chi connectivity index (χ2n) is 5.70. The molecule has 0 fully saturated rings. The van der Waals surface area contributed by atoms with Gasteiger partial charge in [0.25, 0.3) is 5.85 Å². The number of hydrogen-bond acceptors (Lipinski definition) is 2. The molecule has 0 saturated heterocycles. The number of nitrogens with zero attached hydrogens (tertiary/aromatic N) is 1. The molecule has 1 aromatic carbocycles. The summed E-state index contributed by atoms with van der Waals surface area (Å²) >= 11 is 0. The van der Waals surface area contributed by atoms with E-state index < -0.39 is 29.1 Å². The maximum atomic E-state index is 15.0. The highest BCUT2D eigenvalue weighted by molar-refractivity contribution is 5.77. The molecule has 0 aliphatic heterocycles. The molecular formula is C18H17F4NO2. The number of allylic oxidation sites excluding steroid dienone is 2. The molecule has 2 unspecified atom stereocenters. The van der Waals surface area contributed by atoms with Gasteiger partial charge in [0, 0.05) is 14.0 Å². The summed E-state index contributed by atoms with van der Waals surface area (Å²) in [5, 5.41) is 10.2. The van der Waals surface area contributed by atoms with Crippen molar-refractivity contribution in [3.8, 4) is 0 Å². The lowest BCUT2D eigenvalue weighted by molar-refractivity contribution is -0.173. The van der Waals surface area contributed by atoms with Crippen LogP contribution in [0.4, 0.5) is 17.6 Å². The largest absolute Gasteiger partial charge is 0.415 e. The molecule has 0 radical (unpaired) electrons. The maximum absolute atomic E-state index is 15.0. The van der Waals surface area contributed by atoms with E-state index in [1.54, 1.807) is 6.07 Å². The number of amides is 1. The highest BCUT2D eigenvalue weighted by Crippen LogP contribution is 2.48.